The lowest BCUT2D eigenvalue weighted by molar-refractivity contribution is -0.139. The lowest BCUT2D eigenvalue weighted by atomic mass is 9.72. The summed E-state index contributed by atoms with van der Waals surface area (Å²) in [6, 6.07) is 1.09. The average molecular weight is 316 g/mol. The minimum absolute atomic E-state index is 0.0701. The number of hydrogen-bond donors (Lipinski definition) is 1. The van der Waals surface area contributed by atoms with Gasteiger partial charge in [-0.2, -0.15) is 0 Å². The topological polar surface area (TPSA) is 76.7 Å². The van der Waals surface area contributed by atoms with Crippen molar-refractivity contribution in [2.75, 3.05) is 0 Å². The Bertz CT molecular complexity index is 734. The summed E-state index contributed by atoms with van der Waals surface area (Å²) < 4.78 is 10.0. The van der Waals surface area contributed by atoms with Crippen LogP contribution in [0.15, 0.2) is 57.5 Å². The highest BCUT2D eigenvalue weighted by Gasteiger charge is 2.28. The molecule has 1 aliphatic carbocycles. The second-order valence-corrected chi connectivity index (χ2v) is 6.13. The second kappa shape index (κ2) is 6.69. The molecule has 5 nitrogen and oxygen atoms in total. The van der Waals surface area contributed by atoms with Gasteiger partial charge >= 0.3 is 5.97 Å². The average Bonchev–Trinajstić information content (AvgIpc) is 2.47. The highest BCUT2D eigenvalue weighted by atomic mass is 16.5. The Kier molecular flexibility index (Phi) is 4.89. The molecule has 0 radical (unpaired) electrons. The molecule has 1 heterocycles. The second-order valence-electron chi connectivity index (χ2n) is 6.13. The van der Waals surface area contributed by atoms with Crippen LogP contribution in [0.1, 0.15) is 26.5 Å². The summed E-state index contributed by atoms with van der Waals surface area (Å²) in [4.78, 5) is 23.1. The van der Waals surface area contributed by atoms with Crippen molar-refractivity contribution in [1.29, 1.82) is 0 Å². The molecular weight excluding hydrogens is 296 g/mol. The third-order valence-electron chi connectivity index (χ3n) is 3.82. The predicted molar refractivity (Wildman–Crippen MR) is 85.7 cm³/mol. The first kappa shape index (κ1) is 16.8. The van der Waals surface area contributed by atoms with E-state index in [9.17, 15) is 9.59 Å². The predicted octanol–water partition coefficient (Wildman–Crippen LogP) is 3.10. The maximum atomic E-state index is 11.8. The van der Waals surface area contributed by atoms with E-state index in [2.05, 4.69) is 19.9 Å². The zero-order valence-electron chi connectivity index (χ0n) is 13.4. The van der Waals surface area contributed by atoms with Gasteiger partial charge in [-0.05, 0) is 12.3 Å². The maximum absolute atomic E-state index is 11.8. The Morgan fingerprint density at radius 1 is 1.48 bits per heavy atom. The Balaban J connectivity index is 1.96. The van der Waals surface area contributed by atoms with Gasteiger partial charge in [-0.25, -0.2) is 4.79 Å². The van der Waals surface area contributed by atoms with Gasteiger partial charge in [0.25, 0.3) is 0 Å². The van der Waals surface area contributed by atoms with E-state index in [0.717, 1.165) is 12.3 Å². The third kappa shape index (κ3) is 4.22. The van der Waals surface area contributed by atoms with E-state index < -0.39 is 17.1 Å². The van der Waals surface area contributed by atoms with Crippen LogP contribution >= 0.6 is 0 Å². The molecule has 1 aromatic rings. The molecule has 1 aromatic heterocycles. The minimum atomic E-state index is -0.575. The van der Waals surface area contributed by atoms with Crippen LogP contribution in [0.3, 0.4) is 0 Å². The third-order valence-corrected chi connectivity index (χ3v) is 3.82. The highest BCUT2D eigenvalue weighted by molar-refractivity contribution is 5.82. The molecule has 0 aliphatic heterocycles. The van der Waals surface area contributed by atoms with Gasteiger partial charge in [0.05, 0.1) is 0 Å². The van der Waals surface area contributed by atoms with Crippen LogP contribution in [0, 0.1) is 11.3 Å². The number of carbonyl (C=O) groups excluding carboxylic acids is 1. The molecule has 0 amide bonds. The summed E-state index contributed by atoms with van der Waals surface area (Å²) in [5.74, 6) is -0.702. The zero-order valence-corrected chi connectivity index (χ0v) is 13.4. The molecule has 1 atom stereocenters. The fourth-order valence-electron chi connectivity index (χ4n) is 2.53. The number of hydrogen-bond acceptors (Lipinski definition) is 5. The minimum Gasteiger partial charge on any atom is -0.502 e. The number of carbonyl (C=O) groups is 1. The molecule has 0 saturated carbocycles. The highest BCUT2D eigenvalue weighted by Crippen LogP contribution is 2.37. The van der Waals surface area contributed by atoms with Gasteiger partial charge in [-0.3, -0.25) is 4.79 Å². The molecular formula is C18H20O5. The van der Waals surface area contributed by atoms with Crippen LogP contribution in [-0.2, 0) is 16.1 Å². The zero-order chi connectivity index (χ0) is 17.0. The summed E-state index contributed by atoms with van der Waals surface area (Å²) in [6.45, 7) is 6.06. The van der Waals surface area contributed by atoms with Gasteiger partial charge in [0, 0.05) is 18.1 Å². The van der Waals surface area contributed by atoms with Crippen molar-refractivity contribution in [3.8, 4) is 5.75 Å². The Hall–Kier alpha value is -2.56. The Morgan fingerprint density at radius 2 is 2.22 bits per heavy atom. The van der Waals surface area contributed by atoms with E-state index in [1.807, 2.05) is 25.2 Å². The van der Waals surface area contributed by atoms with Crippen molar-refractivity contribution < 1.29 is 19.1 Å². The van der Waals surface area contributed by atoms with Crippen LogP contribution in [0.25, 0.3) is 0 Å². The Labute approximate surface area is 134 Å². The maximum Gasteiger partial charge on any atom is 0.330 e. The number of esters is 1. The van der Waals surface area contributed by atoms with Crippen molar-refractivity contribution in [2.45, 2.75) is 27.4 Å². The standard InChI is InChI=1S/C18H20O5/c1-12-5-4-8-18(2,3)14(12)6-7-17(21)23-10-13-9-15(19)16(20)11-22-13/h4-9,11,14,20H,10H2,1-3H3. The van der Waals surface area contributed by atoms with E-state index in [1.54, 1.807) is 0 Å². The summed E-state index contributed by atoms with van der Waals surface area (Å²) >= 11 is 0. The van der Waals surface area contributed by atoms with Crippen molar-refractivity contribution in [3.05, 3.63) is 64.3 Å². The molecule has 0 saturated heterocycles. The first-order valence-corrected chi connectivity index (χ1v) is 7.31. The van der Waals surface area contributed by atoms with Crippen LogP contribution < -0.4 is 5.43 Å². The van der Waals surface area contributed by atoms with E-state index in [1.165, 1.54) is 11.6 Å². The van der Waals surface area contributed by atoms with Gasteiger partial charge in [0.2, 0.25) is 5.43 Å². The van der Waals surface area contributed by atoms with Crippen LogP contribution in [0.5, 0.6) is 5.75 Å². The normalized spacial score (nSPS) is 19.6. The number of allylic oxidation sites excluding steroid dienone is 5. The molecule has 2 rings (SSSR count). The molecule has 0 aromatic carbocycles. The molecule has 0 spiro atoms. The van der Waals surface area contributed by atoms with E-state index in [4.69, 9.17) is 14.3 Å². The van der Waals surface area contributed by atoms with Crippen LogP contribution in [0.4, 0.5) is 0 Å². The fourth-order valence-corrected chi connectivity index (χ4v) is 2.53. The monoisotopic (exact) mass is 316 g/mol. The quantitative estimate of drug-likeness (QED) is 0.682. The first-order chi connectivity index (χ1) is 10.8. The number of aromatic hydroxyl groups is 1. The first-order valence-electron chi connectivity index (χ1n) is 7.31. The molecule has 1 aliphatic rings. The molecule has 0 bridgehead atoms. The lowest BCUT2D eigenvalue weighted by Crippen LogP contribution is -2.23. The van der Waals surface area contributed by atoms with E-state index in [0.29, 0.717) is 0 Å². The van der Waals surface area contributed by atoms with E-state index >= 15 is 0 Å². The summed E-state index contributed by atoms with van der Waals surface area (Å²) in [5, 5.41) is 9.09. The van der Waals surface area contributed by atoms with Crippen molar-refractivity contribution >= 4 is 5.97 Å². The lowest BCUT2D eigenvalue weighted by Gasteiger charge is -2.32. The Morgan fingerprint density at radius 3 is 2.87 bits per heavy atom. The van der Waals surface area contributed by atoms with Crippen molar-refractivity contribution in [2.24, 2.45) is 11.3 Å². The van der Waals surface area contributed by atoms with Gasteiger partial charge in [-0.1, -0.05) is 43.7 Å². The van der Waals surface area contributed by atoms with Crippen LogP contribution in [0.2, 0.25) is 0 Å². The number of ether oxygens (including phenoxy) is 1. The summed E-state index contributed by atoms with van der Waals surface area (Å²) in [5.41, 5.74) is 0.528. The van der Waals surface area contributed by atoms with Gasteiger partial charge in [0.15, 0.2) is 5.75 Å². The summed E-state index contributed by atoms with van der Waals surface area (Å²) in [7, 11) is 0. The molecule has 0 fully saturated rings. The van der Waals surface area contributed by atoms with Gasteiger partial charge in [0.1, 0.15) is 18.6 Å². The van der Waals surface area contributed by atoms with Gasteiger partial charge in [-0.15, -0.1) is 0 Å². The summed E-state index contributed by atoms with van der Waals surface area (Å²) in [6.07, 6.45) is 10.3. The van der Waals surface area contributed by atoms with Crippen molar-refractivity contribution in [3.63, 3.8) is 0 Å². The smallest absolute Gasteiger partial charge is 0.330 e. The largest absolute Gasteiger partial charge is 0.502 e. The SMILES string of the molecule is CC1=CC=CC(C)(C)C1C=CC(=O)OCc1cc(=O)c(O)co1. The van der Waals surface area contributed by atoms with Crippen molar-refractivity contribution in [1.82, 2.24) is 0 Å². The molecule has 1 N–H and O–H groups in total. The fraction of sp³-hybridized carbons (Fsp3) is 0.333. The van der Waals surface area contributed by atoms with Crippen LogP contribution in [-0.4, -0.2) is 11.1 Å². The van der Waals surface area contributed by atoms with E-state index in [-0.39, 0.29) is 23.7 Å². The molecule has 122 valence electrons. The number of rotatable bonds is 4. The molecule has 1 unspecified atom stereocenters. The molecule has 5 heteroatoms. The van der Waals surface area contributed by atoms with Gasteiger partial charge < -0.3 is 14.3 Å². The molecule has 23 heavy (non-hydrogen) atoms.